The van der Waals surface area contributed by atoms with E-state index in [1.54, 1.807) is 4.90 Å². The van der Waals surface area contributed by atoms with Gasteiger partial charge in [-0.1, -0.05) is 0 Å². The lowest BCUT2D eigenvalue weighted by atomic mass is 9.66. The SMILES string of the molecule is CC(C)(C)OC(=O)N1CC[C@]2(CC[C@@H]2O)C1. The van der Waals surface area contributed by atoms with Gasteiger partial charge in [0.25, 0.3) is 0 Å². The molecule has 0 unspecified atom stereocenters. The smallest absolute Gasteiger partial charge is 0.410 e. The molecule has 0 aromatic heterocycles. The Kier molecular flexibility index (Phi) is 2.65. The number of hydrogen-bond acceptors (Lipinski definition) is 3. The maximum atomic E-state index is 11.8. The first-order valence-corrected chi connectivity index (χ1v) is 5.98. The fourth-order valence-electron chi connectivity index (χ4n) is 2.54. The van der Waals surface area contributed by atoms with Crippen molar-refractivity contribution in [2.24, 2.45) is 5.41 Å². The standard InChI is InChI=1S/C12H21NO3/c1-11(2,3)16-10(15)13-7-6-12(8-13)5-4-9(12)14/h9,14H,4-8H2,1-3H3/t9-,12+/m0/s1. The third kappa shape index (κ3) is 2.03. The predicted molar refractivity (Wildman–Crippen MR) is 60.1 cm³/mol. The van der Waals surface area contributed by atoms with Crippen molar-refractivity contribution in [2.45, 2.75) is 51.7 Å². The first-order valence-electron chi connectivity index (χ1n) is 5.98. The van der Waals surface area contributed by atoms with Gasteiger partial charge in [0.05, 0.1) is 6.10 Å². The molecule has 0 bridgehead atoms. The largest absolute Gasteiger partial charge is 0.444 e. The molecule has 1 saturated heterocycles. The molecule has 4 heteroatoms. The van der Waals surface area contributed by atoms with Gasteiger partial charge in [-0.05, 0) is 40.0 Å². The highest BCUT2D eigenvalue weighted by atomic mass is 16.6. The summed E-state index contributed by atoms with van der Waals surface area (Å²) in [5, 5.41) is 9.75. The Balaban J connectivity index is 1.91. The van der Waals surface area contributed by atoms with Crippen molar-refractivity contribution in [3.63, 3.8) is 0 Å². The number of nitrogens with zero attached hydrogens (tertiary/aromatic N) is 1. The van der Waals surface area contributed by atoms with Gasteiger partial charge in [-0.15, -0.1) is 0 Å². The molecule has 1 spiro atoms. The van der Waals surface area contributed by atoms with Crippen LogP contribution in [0.25, 0.3) is 0 Å². The van der Waals surface area contributed by atoms with Crippen LogP contribution in [0.3, 0.4) is 0 Å². The van der Waals surface area contributed by atoms with E-state index in [-0.39, 0.29) is 17.6 Å². The number of rotatable bonds is 0. The number of amides is 1. The van der Waals surface area contributed by atoms with Gasteiger partial charge < -0.3 is 14.7 Å². The third-order valence-electron chi connectivity index (χ3n) is 3.66. The Hall–Kier alpha value is -0.770. The molecule has 2 atom stereocenters. The number of aliphatic hydroxyl groups excluding tert-OH is 1. The summed E-state index contributed by atoms with van der Waals surface area (Å²) in [5.74, 6) is 0. The number of carbonyl (C=O) groups excluding carboxylic acids is 1. The van der Waals surface area contributed by atoms with Crippen LogP contribution in [0.2, 0.25) is 0 Å². The Morgan fingerprint density at radius 2 is 2.12 bits per heavy atom. The second kappa shape index (κ2) is 3.62. The number of ether oxygens (including phenoxy) is 1. The quantitative estimate of drug-likeness (QED) is 0.686. The molecular weight excluding hydrogens is 206 g/mol. The maximum Gasteiger partial charge on any atom is 0.410 e. The van der Waals surface area contributed by atoms with Crippen LogP contribution in [0.15, 0.2) is 0 Å². The van der Waals surface area contributed by atoms with Crippen molar-refractivity contribution in [1.29, 1.82) is 0 Å². The zero-order valence-corrected chi connectivity index (χ0v) is 10.3. The average molecular weight is 227 g/mol. The molecule has 2 rings (SSSR count). The minimum atomic E-state index is -0.439. The van der Waals surface area contributed by atoms with E-state index in [0.717, 1.165) is 19.3 Å². The average Bonchev–Trinajstić information content (AvgIpc) is 2.59. The fourth-order valence-corrected chi connectivity index (χ4v) is 2.54. The highest BCUT2D eigenvalue weighted by Crippen LogP contribution is 2.48. The Bertz CT molecular complexity index is 297. The molecule has 1 N–H and O–H groups in total. The van der Waals surface area contributed by atoms with E-state index in [1.807, 2.05) is 20.8 Å². The molecule has 0 aromatic rings. The lowest BCUT2D eigenvalue weighted by molar-refractivity contribution is -0.0575. The van der Waals surface area contributed by atoms with E-state index < -0.39 is 5.60 Å². The van der Waals surface area contributed by atoms with Crippen LogP contribution in [0.4, 0.5) is 4.79 Å². The number of hydrogen-bond donors (Lipinski definition) is 1. The number of aliphatic hydroxyl groups is 1. The summed E-state index contributed by atoms with van der Waals surface area (Å²) in [6.07, 6.45) is 2.35. The van der Waals surface area contributed by atoms with Crippen LogP contribution >= 0.6 is 0 Å². The minimum Gasteiger partial charge on any atom is -0.444 e. The van der Waals surface area contributed by atoms with Crippen molar-refractivity contribution in [2.75, 3.05) is 13.1 Å². The van der Waals surface area contributed by atoms with E-state index in [9.17, 15) is 9.90 Å². The molecule has 0 aromatic carbocycles. The lowest BCUT2D eigenvalue weighted by Gasteiger charge is -2.43. The maximum absolute atomic E-state index is 11.8. The van der Waals surface area contributed by atoms with Crippen molar-refractivity contribution in [1.82, 2.24) is 4.90 Å². The summed E-state index contributed by atoms with van der Waals surface area (Å²) in [7, 11) is 0. The third-order valence-corrected chi connectivity index (χ3v) is 3.66. The molecule has 92 valence electrons. The second-order valence-electron chi connectivity index (χ2n) is 6.07. The Labute approximate surface area is 96.6 Å². The molecule has 16 heavy (non-hydrogen) atoms. The molecule has 2 aliphatic rings. The predicted octanol–water partition coefficient (Wildman–Crippen LogP) is 1.77. The van der Waals surface area contributed by atoms with Gasteiger partial charge in [-0.3, -0.25) is 0 Å². The van der Waals surface area contributed by atoms with E-state index in [1.165, 1.54) is 0 Å². The summed E-state index contributed by atoms with van der Waals surface area (Å²) in [6.45, 7) is 6.98. The highest BCUT2D eigenvalue weighted by Gasteiger charge is 2.51. The first-order chi connectivity index (χ1) is 7.32. The molecule has 4 nitrogen and oxygen atoms in total. The van der Waals surface area contributed by atoms with Gasteiger partial charge in [0.1, 0.15) is 5.60 Å². The summed E-state index contributed by atoms with van der Waals surface area (Å²) < 4.78 is 5.32. The summed E-state index contributed by atoms with van der Waals surface area (Å²) in [4.78, 5) is 13.5. The normalized spacial score (nSPS) is 34.0. The zero-order chi connectivity index (χ0) is 12.0. The van der Waals surface area contributed by atoms with Crippen LogP contribution in [0, 0.1) is 5.41 Å². The van der Waals surface area contributed by atoms with E-state index in [2.05, 4.69) is 0 Å². The number of carbonyl (C=O) groups is 1. The van der Waals surface area contributed by atoms with Gasteiger partial charge in [0.2, 0.25) is 0 Å². The summed E-state index contributed by atoms with van der Waals surface area (Å²) in [5.41, 5.74) is -0.456. The zero-order valence-electron chi connectivity index (χ0n) is 10.3. The molecular formula is C12H21NO3. The molecule has 1 aliphatic carbocycles. The molecule has 1 amide bonds. The van der Waals surface area contributed by atoms with Gasteiger partial charge in [-0.25, -0.2) is 4.79 Å². The van der Waals surface area contributed by atoms with Crippen molar-refractivity contribution in [3.05, 3.63) is 0 Å². The highest BCUT2D eigenvalue weighted by molar-refractivity contribution is 5.68. The Morgan fingerprint density at radius 3 is 2.50 bits per heavy atom. The first kappa shape index (κ1) is 11.7. The molecule has 1 heterocycles. The van der Waals surface area contributed by atoms with Crippen LogP contribution in [-0.2, 0) is 4.74 Å². The van der Waals surface area contributed by atoms with Crippen LogP contribution in [0.1, 0.15) is 40.0 Å². The Morgan fingerprint density at radius 1 is 1.44 bits per heavy atom. The van der Waals surface area contributed by atoms with Crippen LogP contribution in [0.5, 0.6) is 0 Å². The van der Waals surface area contributed by atoms with E-state index >= 15 is 0 Å². The summed E-state index contributed by atoms with van der Waals surface area (Å²) >= 11 is 0. The van der Waals surface area contributed by atoms with Gasteiger partial charge in [-0.2, -0.15) is 0 Å². The van der Waals surface area contributed by atoms with Crippen molar-refractivity contribution in [3.8, 4) is 0 Å². The van der Waals surface area contributed by atoms with Crippen LogP contribution < -0.4 is 0 Å². The number of likely N-dealkylation sites (tertiary alicyclic amines) is 1. The fraction of sp³-hybridized carbons (Fsp3) is 0.917. The molecule has 1 saturated carbocycles. The molecule has 2 fully saturated rings. The van der Waals surface area contributed by atoms with Crippen molar-refractivity contribution >= 4 is 6.09 Å². The second-order valence-corrected chi connectivity index (χ2v) is 6.07. The van der Waals surface area contributed by atoms with Gasteiger partial charge in [0.15, 0.2) is 0 Å². The van der Waals surface area contributed by atoms with Crippen molar-refractivity contribution < 1.29 is 14.6 Å². The minimum absolute atomic E-state index is 0.0170. The molecule has 0 radical (unpaired) electrons. The van der Waals surface area contributed by atoms with Gasteiger partial charge >= 0.3 is 6.09 Å². The van der Waals surface area contributed by atoms with E-state index in [4.69, 9.17) is 4.74 Å². The van der Waals surface area contributed by atoms with E-state index in [0.29, 0.717) is 13.1 Å². The molecule has 1 aliphatic heterocycles. The lowest BCUT2D eigenvalue weighted by Crippen LogP contribution is -2.47. The topological polar surface area (TPSA) is 49.8 Å². The summed E-state index contributed by atoms with van der Waals surface area (Å²) in [6, 6.07) is 0. The monoisotopic (exact) mass is 227 g/mol. The van der Waals surface area contributed by atoms with Crippen LogP contribution in [-0.4, -0.2) is 40.9 Å². The van der Waals surface area contributed by atoms with Gasteiger partial charge in [0, 0.05) is 18.5 Å².